The van der Waals surface area contributed by atoms with Gasteiger partial charge < -0.3 is 0 Å². The number of ketones is 1. The van der Waals surface area contributed by atoms with Gasteiger partial charge in [0.05, 0.1) is 5.41 Å². The second-order valence-electron chi connectivity index (χ2n) is 9.96. The van der Waals surface area contributed by atoms with Gasteiger partial charge in [0.25, 0.3) is 0 Å². The first kappa shape index (κ1) is 15.9. The minimum absolute atomic E-state index is 0.113. The molecule has 4 rings (SSSR count). The quantitative estimate of drug-likeness (QED) is 0.560. The average molecular weight is 315 g/mol. The van der Waals surface area contributed by atoms with E-state index >= 15 is 0 Å². The molecule has 0 N–H and O–H groups in total. The molecule has 0 unspecified atom stereocenters. The molecule has 4 aliphatic carbocycles. The fourth-order valence-corrected chi connectivity index (χ4v) is 7.01. The summed E-state index contributed by atoms with van der Waals surface area (Å²) < 4.78 is 0. The van der Waals surface area contributed by atoms with E-state index in [1.807, 2.05) is 0 Å². The second-order valence-corrected chi connectivity index (χ2v) is 9.96. The monoisotopic (exact) mass is 314 g/mol. The highest BCUT2D eigenvalue weighted by Gasteiger charge is 2.58. The number of carbonyl (C=O) groups is 1. The maximum atomic E-state index is 13.3. The van der Waals surface area contributed by atoms with Crippen LogP contribution in [0.1, 0.15) is 79.1 Å². The number of rotatable bonds is 1. The molecule has 1 heteroatoms. The van der Waals surface area contributed by atoms with E-state index in [1.165, 1.54) is 50.5 Å². The van der Waals surface area contributed by atoms with Crippen molar-refractivity contribution in [1.29, 1.82) is 0 Å². The third-order valence-electron chi connectivity index (χ3n) is 8.72. The lowest BCUT2D eigenvalue weighted by molar-refractivity contribution is -0.138. The molecule has 3 saturated carbocycles. The van der Waals surface area contributed by atoms with Gasteiger partial charge in [0.2, 0.25) is 0 Å². The largest absolute Gasteiger partial charge is 0.299 e. The molecule has 3 fully saturated rings. The Bertz CT molecular complexity index is 544. The van der Waals surface area contributed by atoms with Gasteiger partial charge in [-0.25, -0.2) is 0 Å². The van der Waals surface area contributed by atoms with Crippen molar-refractivity contribution in [2.75, 3.05) is 0 Å². The maximum absolute atomic E-state index is 13.3. The lowest BCUT2D eigenvalue weighted by Crippen LogP contribution is -2.53. The molecule has 0 aromatic carbocycles. The average Bonchev–Trinajstić information content (AvgIpc) is 2.90. The van der Waals surface area contributed by atoms with Crippen LogP contribution in [0.25, 0.3) is 0 Å². The van der Waals surface area contributed by atoms with Crippen molar-refractivity contribution < 1.29 is 4.79 Å². The predicted octanol–water partition coefficient (Wildman–Crippen LogP) is 5.79. The van der Waals surface area contributed by atoms with Gasteiger partial charge in [0.15, 0.2) is 0 Å². The lowest BCUT2D eigenvalue weighted by atomic mass is 9.47. The van der Waals surface area contributed by atoms with Crippen LogP contribution in [0.3, 0.4) is 0 Å². The normalized spacial score (nSPS) is 49.4. The van der Waals surface area contributed by atoms with Crippen molar-refractivity contribution in [3.8, 4) is 0 Å². The summed E-state index contributed by atoms with van der Waals surface area (Å²) in [5.41, 5.74) is 1.99. The third-order valence-corrected chi connectivity index (χ3v) is 8.72. The van der Waals surface area contributed by atoms with Crippen molar-refractivity contribution >= 4 is 5.78 Å². The summed E-state index contributed by atoms with van der Waals surface area (Å²) in [5, 5.41) is 0. The minimum Gasteiger partial charge on any atom is -0.299 e. The molecular weight excluding hydrogens is 280 g/mol. The lowest BCUT2D eigenvalue weighted by Gasteiger charge is -2.56. The van der Waals surface area contributed by atoms with Gasteiger partial charge in [-0.05, 0) is 80.5 Å². The molecule has 0 aliphatic heterocycles. The van der Waals surface area contributed by atoms with Gasteiger partial charge in [-0.15, -0.1) is 0 Å². The predicted molar refractivity (Wildman–Crippen MR) is 95.0 cm³/mol. The van der Waals surface area contributed by atoms with Gasteiger partial charge in [0.1, 0.15) is 5.78 Å². The Labute approximate surface area is 142 Å². The smallest absolute Gasteiger partial charge is 0.143 e. The van der Waals surface area contributed by atoms with Crippen LogP contribution in [0.4, 0.5) is 0 Å². The Morgan fingerprint density at radius 3 is 2.61 bits per heavy atom. The standard InChI is InChI=1S/C22H34O/c1-14(2)15-12-16-7-8-17-18-6-5-10-21(18,3)11-9-19(17)22(16,4)20(23)13-15/h7,14-15,17-19H,5-6,8-13H2,1-4H3/t15-,17+,18-,19-,21-,22-/m0/s1. The van der Waals surface area contributed by atoms with Gasteiger partial charge in [-0.2, -0.15) is 0 Å². The van der Waals surface area contributed by atoms with E-state index in [1.54, 1.807) is 0 Å². The highest BCUT2D eigenvalue weighted by Crippen LogP contribution is 2.64. The van der Waals surface area contributed by atoms with Crippen LogP contribution in [0.15, 0.2) is 11.6 Å². The molecule has 23 heavy (non-hydrogen) atoms. The molecule has 128 valence electrons. The van der Waals surface area contributed by atoms with Crippen LogP contribution < -0.4 is 0 Å². The molecule has 1 nitrogen and oxygen atoms in total. The van der Waals surface area contributed by atoms with Crippen LogP contribution in [0.5, 0.6) is 0 Å². The van der Waals surface area contributed by atoms with Crippen molar-refractivity contribution in [1.82, 2.24) is 0 Å². The number of carbonyl (C=O) groups excluding carboxylic acids is 1. The highest BCUT2D eigenvalue weighted by molar-refractivity contribution is 5.89. The number of allylic oxidation sites excluding steroid dienone is 2. The topological polar surface area (TPSA) is 17.1 Å². The zero-order chi connectivity index (χ0) is 16.4. The number of Topliss-reactive ketones (excluding diaryl/α,β-unsaturated/α-hetero) is 1. The molecule has 6 atom stereocenters. The zero-order valence-electron chi connectivity index (χ0n) is 15.5. The summed E-state index contributed by atoms with van der Waals surface area (Å²) in [7, 11) is 0. The second kappa shape index (κ2) is 5.20. The van der Waals surface area contributed by atoms with Crippen LogP contribution in [0, 0.1) is 40.4 Å². The first-order valence-corrected chi connectivity index (χ1v) is 10.1. The van der Waals surface area contributed by atoms with Crippen LogP contribution in [0.2, 0.25) is 0 Å². The molecule has 0 aromatic heterocycles. The Morgan fingerprint density at radius 1 is 1.09 bits per heavy atom. The van der Waals surface area contributed by atoms with Gasteiger partial charge >= 0.3 is 0 Å². The minimum atomic E-state index is -0.113. The first-order chi connectivity index (χ1) is 10.9. The molecule has 0 aromatic rings. The highest BCUT2D eigenvalue weighted by atomic mass is 16.1. The molecular formula is C22H34O. The summed E-state index contributed by atoms with van der Waals surface area (Å²) in [6, 6.07) is 0. The van der Waals surface area contributed by atoms with Crippen molar-refractivity contribution in [2.45, 2.75) is 79.1 Å². The van der Waals surface area contributed by atoms with E-state index in [0.29, 0.717) is 29.0 Å². The van der Waals surface area contributed by atoms with E-state index in [2.05, 4.69) is 33.8 Å². The number of fused-ring (bicyclic) bond motifs is 5. The van der Waals surface area contributed by atoms with E-state index in [0.717, 1.165) is 18.3 Å². The maximum Gasteiger partial charge on any atom is 0.143 e. The van der Waals surface area contributed by atoms with Crippen LogP contribution in [-0.2, 0) is 4.79 Å². The van der Waals surface area contributed by atoms with Gasteiger partial charge in [0, 0.05) is 6.42 Å². The van der Waals surface area contributed by atoms with E-state index in [-0.39, 0.29) is 5.41 Å². The van der Waals surface area contributed by atoms with E-state index < -0.39 is 0 Å². The summed E-state index contributed by atoms with van der Waals surface area (Å²) in [6.07, 6.45) is 12.7. The Morgan fingerprint density at radius 2 is 1.87 bits per heavy atom. The van der Waals surface area contributed by atoms with Crippen LogP contribution in [-0.4, -0.2) is 5.78 Å². The molecule has 0 spiro atoms. The van der Waals surface area contributed by atoms with Crippen molar-refractivity contribution in [3.05, 3.63) is 11.6 Å². The Hall–Kier alpha value is -0.590. The summed E-state index contributed by atoms with van der Waals surface area (Å²) in [4.78, 5) is 13.3. The summed E-state index contributed by atoms with van der Waals surface area (Å²) in [5.74, 6) is 4.09. The third kappa shape index (κ3) is 2.14. The van der Waals surface area contributed by atoms with Gasteiger partial charge in [-0.3, -0.25) is 4.79 Å². The molecule has 4 aliphatic rings. The number of hydrogen-bond donors (Lipinski definition) is 0. The van der Waals surface area contributed by atoms with Gasteiger partial charge in [-0.1, -0.05) is 38.8 Å². The van der Waals surface area contributed by atoms with Crippen molar-refractivity contribution in [3.63, 3.8) is 0 Å². The summed E-state index contributed by atoms with van der Waals surface area (Å²) in [6.45, 7) is 9.45. The Balaban J connectivity index is 1.69. The molecule has 0 heterocycles. The van der Waals surface area contributed by atoms with E-state index in [9.17, 15) is 4.79 Å². The fourth-order valence-electron chi connectivity index (χ4n) is 7.01. The van der Waals surface area contributed by atoms with Crippen LogP contribution >= 0.6 is 0 Å². The molecule has 0 saturated heterocycles. The fraction of sp³-hybridized carbons (Fsp3) is 0.864. The molecule has 0 bridgehead atoms. The SMILES string of the molecule is CC(C)[C@@H]1CC(=O)[C@@]2(C)C(=CC[C@@H]3[C@@H]4CCC[C@@]4(C)CC[C@@H]32)C1. The van der Waals surface area contributed by atoms with Crippen molar-refractivity contribution in [2.24, 2.45) is 40.4 Å². The number of hydrogen-bond acceptors (Lipinski definition) is 1. The first-order valence-electron chi connectivity index (χ1n) is 10.1. The molecule has 0 radical (unpaired) electrons. The summed E-state index contributed by atoms with van der Waals surface area (Å²) >= 11 is 0. The Kier molecular flexibility index (Phi) is 3.60. The van der Waals surface area contributed by atoms with E-state index in [4.69, 9.17) is 0 Å². The molecule has 0 amide bonds. The zero-order valence-corrected chi connectivity index (χ0v) is 15.5.